The Bertz CT molecular complexity index is 620. The maximum absolute atomic E-state index is 12.2. The monoisotopic (exact) mass is 259 g/mol. The van der Waals surface area contributed by atoms with Crippen LogP contribution in [0.3, 0.4) is 0 Å². The number of aryl methyl sites for hydroxylation is 1. The van der Waals surface area contributed by atoms with E-state index in [1.807, 2.05) is 23.9 Å². The molecule has 0 atom stereocenters. The fourth-order valence-electron chi connectivity index (χ4n) is 2.30. The lowest BCUT2D eigenvalue weighted by Crippen LogP contribution is -2.23. The van der Waals surface area contributed by atoms with Crippen LogP contribution in [0.1, 0.15) is 30.2 Å². The number of hydrogen-bond donors (Lipinski definition) is 1. The molecule has 0 aliphatic rings. The number of hydrogen-bond acceptors (Lipinski definition) is 2. The van der Waals surface area contributed by atoms with E-state index in [1.165, 1.54) is 5.56 Å². The number of rotatable bonds is 4. The first-order valence-corrected chi connectivity index (χ1v) is 6.64. The highest BCUT2D eigenvalue weighted by Crippen LogP contribution is 2.11. The molecule has 19 heavy (non-hydrogen) atoms. The molecule has 0 fully saturated rings. The minimum atomic E-state index is -0.0912. The normalized spacial score (nSPS) is 10.9. The molecule has 0 saturated carbocycles. The molecule has 2 aromatic rings. The van der Waals surface area contributed by atoms with E-state index in [0.29, 0.717) is 12.2 Å². The summed E-state index contributed by atoms with van der Waals surface area (Å²) in [6.45, 7) is 4.70. The molecule has 0 radical (unpaired) electrons. The zero-order chi connectivity index (χ0) is 14.0. The first-order chi connectivity index (χ1) is 9.04. The molecule has 0 spiro atoms. The van der Waals surface area contributed by atoms with Gasteiger partial charge in [-0.15, -0.1) is 0 Å². The van der Waals surface area contributed by atoms with Gasteiger partial charge >= 0.3 is 0 Å². The molecular formula is C15H21N3O. The van der Waals surface area contributed by atoms with Crippen molar-refractivity contribution in [1.82, 2.24) is 9.36 Å². The van der Waals surface area contributed by atoms with Crippen molar-refractivity contribution in [2.75, 3.05) is 5.73 Å². The van der Waals surface area contributed by atoms with Crippen LogP contribution in [0.5, 0.6) is 0 Å². The number of benzene rings is 1. The molecule has 4 nitrogen and oxygen atoms in total. The van der Waals surface area contributed by atoms with E-state index in [0.717, 1.165) is 24.1 Å². The second kappa shape index (κ2) is 5.34. The number of nitrogens with zero attached hydrogens (tertiary/aromatic N) is 2. The molecule has 0 amide bonds. The van der Waals surface area contributed by atoms with E-state index in [9.17, 15) is 4.79 Å². The third-order valence-electron chi connectivity index (χ3n) is 3.47. The van der Waals surface area contributed by atoms with E-state index < -0.39 is 0 Å². The standard InChI is InChI=1S/C15H21N3O/c1-4-5-13-14(16)15(19)18(17(13)3)10-12-8-6-11(2)7-9-12/h6-9H,4-5,10,16H2,1-3H3. The quantitative estimate of drug-likeness (QED) is 0.914. The van der Waals surface area contributed by atoms with Crippen molar-refractivity contribution in [3.8, 4) is 0 Å². The molecule has 2 rings (SSSR count). The summed E-state index contributed by atoms with van der Waals surface area (Å²) in [5.74, 6) is 0. The topological polar surface area (TPSA) is 53.0 Å². The first kappa shape index (κ1) is 13.5. The maximum Gasteiger partial charge on any atom is 0.290 e. The van der Waals surface area contributed by atoms with Crippen LogP contribution in [0.15, 0.2) is 29.1 Å². The van der Waals surface area contributed by atoms with Gasteiger partial charge in [0.05, 0.1) is 12.2 Å². The van der Waals surface area contributed by atoms with Gasteiger partial charge in [0.25, 0.3) is 5.56 Å². The van der Waals surface area contributed by atoms with Gasteiger partial charge in [-0.3, -0.25) is 9.48 Å². The SMILES string of the molecule is CCCc1c(N)c(=O)n(Cc2ccc(C)cc2)n1C. The Labute approximate surface area is 113 Å². The summed E-state index contributed by atoms with van der Waals surface area (Å²) in [6.07, 6.45) is 1.81. The lowest BCUT2D eigenvalue weighted by Gasteiger charge is -2.10. The van der Waals surface area contributed by atoms with Crippen LogP contribution in [0, 0.1) is 6.92 Å². The van der Waals surface area contributed by atoms with Gasteiger partial charge < -0.3 is 5.73 Å². The van der Waals surface area contributed by atoms with E-state index in [-0.39, 0.29) is 5.56 Å². The smallest absolute Gasteiger partial charge is 0.290 e. The summed E-state index contributed by atoms with van der Waals surface area (Å²) in [7, 11) is 1.90. The third-order valence-corrected chi connectivity index (χ3v) is 3.47. The Hall–Kier alpha value is -1.97. The molecule has 0 aliphatic carbocycles. The van der Waals surface area contributed by atoms with Crippen LogP contribution >= 0.6 is 0 Å². The number of aromatic nitrogens is 2. The van der Waals surface area contributed by atoms with Gasteiger partial charge in [0.15, 0.2) is 0 Å². The molecule has 1 heterocycles. The van der Waals surface area contributed by atoms with Gasteiger partial charge in [0, 0.05) is 7.05 Å². The highest BCUT2D eigenvalue weighted by atomic mass is 16.1. The zero-order valence-corrected chi connectivity index (χ0v) is 11.8. The van der Waals surface area contributed by atoms with Crippen molar-refractivity contribution in [2.45, 2.75) is 33.2 Å². The molecule has 1 aromatic carbocycles. The van der Waals surface area contributed by atoms with Crippen LogP contribution in [0.25, 0.3) is 0 Å². The molecule has 4 heteroatoms. The van der Waals surface area contributed by atoms with E-state index in [2.05, 4.69) is 26.0 Å². The molecule has 0 unspecified atom stereocenters. The van der Waals surface area contributed by atoms with Crippen LogP contribution in [-0.4, -0.2) is 9.36 Å². The van der Waals surface area contributed by atoms with Gasteiger partial charge in [-0.25, -0.2) is 4.68 Å². The Kier molecular flexibility index (Phi) is 3.79. The lowest BCUT2D eigenvalue weighted by molar-refractivity contribution is 0.516. The van der Waals surface area contributed by atoms with Crippen molar-refractivity contribution in [3.63, 3.8) is 0 Å². The van der Waals surface area contributed by atoms with Crippen LogP contribution in [-0.2, 0) is 20.0 Å². The minimum absolute atomic E-state index is 0.0912. The van der Waals surface area contributed by atoms with Gasteiger partial charge in [-0.2, -0.15) is 0 Å². The number of anilines is 1. The molecule has 0 saturated heterocycles. The predicted molar refractivity (Wildman–Crippen MR) is 78.4 cm³/mol. The second-order valence-corrected chi connectivity index (χ2v) is 4.98. The molecule has 1 aromatic heterocycles. The summed E-state index contributed by atoms with van der Waals surface area (Å²) >= 11 is 0. The molecular weight excluding hydrogens is 238 g/mol. The molecule has 0 aliphatic heterocycles. The summed E-state index contributed by atoms with van der Waals surface area (Å²) in [5, 5.41) is 0. The minimum Gasteiger partial charge on any atom is -0.393 e. The average Bonchev–Trinajstić information content (AvgIpc) is 2.59. The maximum atomic E-state index is 12.2. The Balaban J connectivity index is 2.38. The predicted octanol–water partition coefficient (Wildman–Crippen LogP) is 2.08. The average molecular weight is 259 g/mol. The number of nitrogen functional groups attached to an aromatic ring is 1. The van der Waals surface area contributed by atoms with Gasteiger partial charge in [-0.05, 0) is 18.9 Å². The summed E-state index contributed by atoms with van der Waals surface area (Å²) in [4.78, 5) is 12.2. The largest absolute Gasteiger partial charge is 0.393 e. The fourth-order valence-corrected chi connectivity index (χ4v) is 2.30. The highest BCUT2D eigenvalue weighted by Gasteiger charge is 2.14. The van der Waals surface area contributed by atoms with Gasteiger partial charge in [-0.1, -0.05) is 43.2 Å². The molecule has 2 N–H and O–H groups in total. The van der Waals surface area contributed by atoms with Crippen LogP contribution < -0.4 is 11.3 Å². The second-order valence-electron chi connectivity index (χ2n) is 4.98. The van der Waals surface area contributed by atoms with Crippen molar-refractivity contribution < 1.29 is 0 Å². The summed E-state index contributed by atoms with van der Waals surface area (Å²) < 4.78 is 3.59. The number of nitrogens with two attached hydrogens (primary N) is 1. The molecule has 102 valence electrons. The van der Waals surface area contributed by atoms with Crippen LogP contribution in [0.2, 0.25) is 0 Å². The zero-order valence-electron chi connectivity index (χ0n) is 11.8. The lowest BCUT2D eigenvalue weighted by atomic mass is 10.1. The highest BCUT2D eigenvalue weighted by molar-refractivity contribution is 5.41. The third kappa shape index (κ3) is 2.57. The van der Waals surface area contributed by atoms with Crippen LogP contribution in [0.4, 0.5) is 5.69 Å². The first-order valence-electron chi connectivity index (χ1n) is 6.64. The van der Waals surface area contributed by atoms with Gasteiger partial charge in [0.2, 0.25) is 0 Å². The van der Waals surface area contributed by atoms with E-state index in [1.54, 1.807) is 4.68 Å². The van der Waals surface area contributed by atoms with Crippen molar-refractivity contribution in [1.29, 1.82) is 0 Å². The van der Waals surface area contributed by atoms with E-state index in [4.69, 9.17) is 5.73 Å². The van der Waals surface area contributed by atoms with Crippen molar-refractivity contribution >= 4 is 5.69 Å². The molecule has 0 bridgehead atoms. The Morgan fingerprint density at radius 1 is 1.21 bits per heavy atom. The summed E-state index contributed by atoms with van der Waals surface area (Å²) in [5.41, 5.74) is 9.46. The van der Waals surface area contributed by atoms with E-state index >= 15 is 0 Å². The van der Waals surface area contributed by atoms with Gasteiger partial charge in [0.1, 0.15) is 5.69 Å². The Morgan fingerprint density at radius 2 is 1.84 bits per heavy atom. The van der Waals surface area contributed by atoms with Crippen molar-refractivity contribution in [3.05, 3.63) is 51.4 Å². The summed E-state index contributed by atoms with van der Waals surface area (Å²) in [6, 6.07) is 8.20. The fraction of sp³-hybridized carbons (Fsp3) is 0.400. The van der Waals surface area contributed by atoms with Crippen molar-refractivity contribution in [2.24, 2.45) is 7.05 Å². The Morgan fingerprint density at radius 3 is 2.42 bits per heavy atom.